The molecule has 3 aliphatic heterocycles. The molecule has 0 aromatic heterocycles. The Morgan fingerprint density at radius 3 is 1.51 bits per heavy atom. The lowest BCUT2D eigenvalue weighted by molar-refractivity contribution is -0.427. The predicted molar refractivity (Wildman–Crippen MR) is 161 cm³/mol. The smallest absolute Gasteiger partial charge is 0.283 e. The molecule has 0 saturated carbocycles. The van der Waals surface area contributed by atoms with Gasteiger partial charge in [0.15, 0.2) is 0 Å². The fourth-order valence-electron chi connectivity index (χ4n) is 5.78. The molecule has 3 saturated heterocycles. The molecule has 37 heavy (non-hydrogen) atoms. The summed E-state index contributed by atoms with van der Waals surface area (Å²) in [7, 11) is 0. The Labute approximate surface area is 235 Å². The molecule has 0 aromatic rings. The average molecular weight is 537 g/mol. The van der Waals surface area contributed by atoms with Crippen LogP contribution in [0.25, 0.3) is 0 Å². The van der Waals surface area contributed by atoms with Gasteiger partial charge in [-0.05, 0) is 18.3 Å². The Hall–Kier alpha value is -0.210. The highest BCUT2D eigenvalue weighted by Crippen LogP contribution is 2.48. The molecular weight excluding hydrogens is 476 g/mol. The highest BCUT2D eigenvalue weighted by molar-refractivity contribution is 7.99. The highest BCUT2D eigenvalue weighted by Gasteiger charge is 2.50. The van der Waals surface area contributed by atoms with Gasteiger partial charge in [0.2, 0.25) is 0 Å². The van der Waals surface area contributed by atoms with Gasteiger partial charge in [0.05, 0.1) is 25.6 Å². The summed E-state index contributed by atoms with van der Waals surface area (Å²) < 4.78 is 19.6. The minimum Gasteiger partial charge on any atom is -0.327 e. The van der Waals surface area contributed by atoms with E-state index in [1.54, 1.807) is 11.8 Å². The van der Waals surface area contributed by atoms with Gasteiger partial charge < -0.3 is 14.2 Å². The number of fused-ring (bicyclic) bond motifs is 22. The number of thioether (sulfide) groups is 1. The second-order valence-electron chi connectivity index (χ2n) is 12.8. The zero-order valence-corrected chi connectivity index (χ0v) is 25.7. The maximum Gasteiger partial charge on any atom is 0.283 e. The lowest BCUT2D eigenvalue weighted by atomic mass is 9.64. The normalized spacial score (nSPS) is 29.6. The molecule has 3 fully saturated rings. The van der Waals surface area contributed by atoms with Crippen LogP contribution in [0.5, 0.6) is 0 Å². The van der Waals surface area contributed by atoms with Gasteiger partial charge in [-0.1, -0.05) is 136 Å². The van der Waals surface area contributed by atoms with Crippen LogP contribution in [0, 0.1) is 23.2 Å². The number of ether oxygens (including phenoxy) is 3. The monoisotopic (exact) mass is 536 g/mol. The summed E-state index contributed by atoms with van der Waals surface area (Å²) in [5, 5.41) is 0. The van der Waals surface area contributed by atoms with Gasteiger partial charge in [0, 0.05) is 17.6 Å². The number of hydrogen-bond donors (Lipinski definition) is 0. The highest BCUT2D eigenvalue weighted by atomic mass is 32.2. The van der Waals surface area contributed by atoms with Crippen molar-refractivity contribution < 1.29 is 14.2 Å². The topological polar surface area (TPSA) is 27.7 Å². The number of terminal acetylenes is 1. The molecule has 0 aliphatic carbocycles. The molecule has 4 heteroatoms. The van der Waals surface area contributed by atoms with Crippen molar-refractivity contribution in [1.82, 2.24) is 0 Å². The van der Waals surface area contributed by atoms with Crippen LogP contribution in [0.1, 0.15) is 149 Å². The van der Waals surface area contributed by atoms with Gasteiger partial charge in [-0.15, -0.1) is 18.2 Å². The van der Waals surface area contributed by atoms with E-state index in [-0.39, 0.29) is 10.8 Å². The molecule has 0 atom stereocenters. The summed E-state index contributed by atoms with van der Waals surface area (Å²) in [6.45, 7) is 9.21. The van der Waals surface area contributed by atoms with Crippen LogP contribution in [-0.4, -0.2) is 37.3 Å². The Morgan fingerprint density at radius 1 is 0.649 bits per heavy atom. The van der Waals surface area contributed by atoms with E-state index >= 15 is 0 Å². The van der Waals surface area contributed by atoms with Gasteiger partial charge in [0.25, 0.3) is 5.97 Å². The van der Waals surface area contributed by atoms with Crippen molar-refractivity contribution in [3.8, 4) is 12.3 Å². The Balaban J connectivity index is 1.93. The van der Waals surface area contributed by atoms with Crippen molar-refractivity contribution in [3.05, 3.63) is 0 Å². The average Bonchev–Trinajstić information content (AvgIpc) is 2.87. The third-order valence-electron chi connectivity index (χ3n) is 8.84. The summed E-state index contributed by atoms with van der Waals surface area (Å²) in [6.07, 6.45) is 31.9. The van der Waals surface area contributed by atoms with Gasteiger partial charge in [-0.2, -0.15) is 0 Å². The first kappa shape index (κ1) is 33.0. The summed E-state index contributed by atoms with van der Waals surface area (Å²) in [5.74, 6) is 3.45. The van der Waals surface area contributed by atoms with E-state index in [1.807, 2.05) is 0 Å². The van der Waals surface area contributed by atoms with Gasteiger partial charge >= 0.3 is 0 Å². The maximum atomic E-state index is 6.58. The van der Waals surface area contributed by atoms with Crippen LogP contribution in [0.4, 0.5) is 0 Å². The minimum atomic E-state index is -0.900. The molecule has 0 unspecified atom stereocenters. The van der Waals surface area contributed by atoms with Gasteiger partial charge in [-0.25, -0.2) is 0 Å². The predicted octanol–water partition coefficient (Wildman–Crippen LogP) is 9.92. The largest absolute Gasteiger partial charge is 0.327 e. The minimum absolute atomic E-state index is 0.0398. The molecule has 0 aromatic carbocycles. The Kier molecular flexibility index (Phi) is 16.9. The fraction of sp³-hybridized carbons (Fsp3) is 0.939. The third-order valence-corrected chi connectivity index (χ3v) is 9.70. The van der Waals surface area contributed by atoms with Crippen molar-refractivity contribution in [1.29, 1.82) is 0 Å². The first-order valence-electron chi connectivity index (χ1n) is 15.9. The second kappa shape index (κ2) is 19.0. The first-order valence-corrected chi connectivity index (χ1v) is 17.0. The molecule has 0 radical (unpaired) electrons. The molecule has 3 rings (SSSR count). The van der Waals surface area contributed by atoms with Crippen LogP contribution >= 0.6 is 11.8 Å². The van der Waals surface area contributed by atoms with Crippen molar-refractivity contribution in [2.45, 2.75) is 155 Å². The summed E-state index contributed by atoms with van der Waals surface area (Å²) in [5.41, 5.74) is 0.166. The van der Waals surface area contributed by atoms with Crippen molar-refractivity contribution in [2.75, 3.05) is 31.3 Å². The molecule has 3 heterocycles. The van der Waals surface area contributed by atoms with Crippen molar-refractivity contribution >= 4 is 11.8 Å². The molecule has 0 amide bonds. The van der Waals surface area contributed by atoms with Crippen LogP contribution < -0.4 is 0 Å². The van der Waals surface area contributed by atoms with Crippen LogP contribution in [0.3, 0.4) is 0 Å². The molecule has 216 valence electrons. The third kappa shape index (κ3) is 13.1. The molecule has 0 N–H and O–H groups in total. The number of rotatable bonds is 4. The van der Waals surface area contributed by atoms with E-state index in [0.717, 1.165) is 37.6 Å². The standard InChI is InChI=1S/C33H60O3S/c1-5-27-37-28-25-33-34-26-23-21-19-17-15-13-11-9-7-6-8-10-12-14-16-18-20-22-24-32(29-35-33,30-36-33)31(2,3)4/h1H,6-30H2,2-4H3. The molecule has 3 nitrogen and oxygen atoms in total. The Morgan fingerprint density at radius 2 is 1.08 bits per heavy atom. The van der Waals surface area contributed by atoms with Gasteiger partial charge in [-0.3, -0.25) is 0 Å². The van der Waals surface area contributed by atoms with Crippen LogP contribution in [-0.2, 0) is 14.2 Å². The zero-order chi connectivity index (χ0) is 26.7. The van der Waals surface area contributed by atoms with Crippen molar-refractivity contribution in [3.63, 3.8) is 0 Å². The second-order valence-corrected chi connectivity index (χ2v) is 13.9. The fourth-order valence-corrected chi connectivity index (χ4v) is 6.44. The van der Waals surface area contributed by atoms with Crippen LogP contribution in [0.15, 0.2) is 0 Å². The van der Waals surface area contributed by atoms with E-state index < -0.39 is 5.97 Å². The van der Waals surface area contributed by atoms with E-state index in [2.05, 4.69) is 26.7 Å². The first-order chi connectivity index (χ1) is 17.9. The quantitative estimate of drug-likeness (QED) is 0.264. The lowest BCUT2D eigenvalue weighted by Gasteiger charge is -2.52. The lowest BCUT2D eigenvalue weighted by Crippen LogP contribution is -2.56. The number of hydrogen-bond acceptors (Lipinski definition) is 4. The van der Waals surface area contributed by atoms with E-state index in [1.165, 1.54) is 116 Å². The SMILES string of the molecule is C#CCSCCC12OCCCCCCCCCCCCCCCCCCCCC(C(C)(C)C)(CO1)CO2. The molecule has 2 bridgehead atoms. The molecular formula is C33H60O3S. The molecule has 0 spiro atoms. The van der Waals surface area contributed by atoms with E-state index in [9.17, 15) is 0 Å². The Bertz CT molecular complexity index is 598. The van der Waals surface area contributed by atoms with E-state index in [0.29, 0.717) is 6.61 Å². The van der Waals surface area contributed by atoms with Gasteiger partial charge in [0.1, 0.15) is 0 Å². The van der Waals surface area contributed by atoms with Crippen LogP contribution in [0.2, 0.25) is 0 Å². The zero-order valence-electron chi connectivity index (χ0n) is 24.9. The summed E-state index contributed by atoms with van der Waals surface area (Å²) >= 11 is 1.76. The van der Waals surface area contributed by atoms with Crippen molar-refractivity contribution in [2.24, 2.45) is 10.8 Å². The summed E-state index contributed by atoms with van der Waals surface area (Å²) in [4.78, 5) is 0. The maximum absolute atomic E-state index is 6.58. The van der Waals surface area contributed by atoms with E-state index in [4.69, 9.17) is 20.6 Å². The summed E-state index contributed by atoms with van der Waals surface area (Å²) in [6, 6.07) is 0. The molecule has 3 aliphatic rings.